The second-order valence-corrected chi connectivity index (χ2v) is 7.04. The molecule has 2 heterocycles. The van der Waals surface area contributed by atoms with Crippen molar-refractivity contribution in [1.82, 2.24) is 10.2 Å². The van der Waals surface area contributed by atoms with Crippen molar-refractivity contribution in [2.45, 2.75) is 50.4 Å². The summed E-state index contributed by atoms with van der Waals surface area (Å²) in [5, 5.41) is 3.12. The maximum absolute atomic E-state index is 13.1. The van der Waals surface area contributed by atoms with E-state index in [4.69, 9.17) is 4.74 Å². The maximum atomic E-state index is 13.1. The van der Waals surface area contributed by atoms with Crippen molar-refractivity contribution in [3.05, 3.63) is 35.6 Å². The van der Waals surface area contributed by atoms with Crippen LogP contribution >= 0.6 is 0 Å². The van der Waals surface area contributed by atoms with Crippen LogP contribution in [0.25, 0.3) is 0 Å². The number of hydrogen-bond donors (Lipinski definition) is 1. The van der Waals surface area contributed by atoms with E-state index in [1.54, 1.807) is 0 Å². The minimum absolute atomic E-state index is 0.00426. The third kappa shape index (κ3) is 3.40. The van der Waals surface area contributed by atoms with Crippen molar-refractivity contribution < 1.29 is 13.9 Å². The third-order valence-corrected chi connectivity index (χ3v) is 5.21. The van der Waals surface area contributed by atoms with E-state index in [-0.39, 0.29) is 23.7 Å². The van der Waals surface area contributed by atoms with Gasteiger partial charge < -0.3 is 10.1 Å². The number of nitrogens with one attached hydrogen (secondary N) is 1. The lowest BCUT2D eigenvalue weighted by Gasteiger charge is -2.40. The molecule has 0 aromatic heterocycles. The summed E-state index contributed by atoms with van der Waals surface area (Å²) in [5.74, 6) is -0.0443. The fourth-order valence-corrected chi connectivity index (χ4v) is 3.80. The molecule has 4 rings (SSSR count). The number of ether oxygens (including phenoxy) is 1. The van der Waals surface area contributed by atoms with Crippen molar-refractivity contribution in [3.8, 4) is 0 Å². The van der Waals surface area contributed by atoms with Gasteiger partial charge in [-0.05, 0) is 43.4 Å². The van der Waals surface area contributed by atoms with Crippen LogP contribution in [0.3, 0.4) is 0 Å². The molecule has 1 N–H and O–H groups in total. The molecule has 1 aromatic rings. The summed E-state index contributed by atoms with van der Waals surface area (Å²) in [6.45, 7) is 2.28. The lowest BCUT2D eigenvalue weighted by atomic mass is 9.89. The van der Waals surface area contributed by atoms with Crippen molar-refractivity contribution >= 4 is 5.91 Å². The van der Waals surface area contributed by atoms with E-state index < -0.39 is 0 Å². The van der Waals surface area contributed by atoms with Crippen LogP contribution in [0.5, 0.6) is 0 Å². The highest BCUT2D eigenvalue weighted by Gasteiger charge is 2.42. The summed E-state index contributed by atoms with van der Waals surface area (Å²) < 4.78 is 19.0. The number of rotatable bonds is 4. The van der Waals surface area contributed by atoms with E-state index >= 15 is 0 Å². The average Bonchev–Trinajstić information content (AvgIpc) is 3.22. The van der Waals surface area contributed by atoms with Crippen molar-refractivity contribution in [3.63, 3.8) is 0 Å². The lowest BCUT2D eigenvalue weighted by Crippen LogP contribution is -2.52. The molecule has 124 valence electrons. The first-order chi connectivity index (χ1) is 11.2. The Morgan fingerprint density at radius 3 is 2.78 bits per heavy atom. The number of likely N-dealkylation sites (tertiary alicyclic amines) is 1. The van der Waals surface area contributed by atoms with Gasteiger partial charge in [-0.1, -0.05) is 12.1 Å². The summed E-state index contributed by atoms with van der Waals surface area (Å²) >= 11 is 0. The molecule has 23 heavy (non-hydrogen) atoms. The summed E-state index contributed by atoms with van der Waals surface area (Å²) in [5.41, 5.74) is 1.08. The van der Waals surface area contributed by atoms with Gasteiger partial charge in [-0.25, -0.2) is 4.39 Å². The van der Waals surface area contributed by atoms with E-state index in [9.17, 15) is 9.18 Å². The predicted octanol–water partition coefficient (Wildman–Crippen LogP) is 2.08. The topological polar surface area (TPSA) is 41.6 Å². The first-order valence-corrected chi connectivity index (χ1v) is 8.59. The minimum Gasteiger partial charge on any atom is -0.377 e. The summed E-state index contributed by atoms with van der Waals surface area (Å²) in [6.07, 6.45) is 4.21. The Labute approximate surface area is 136 Å². The second kappa shape index (κ2) is 6.21. The van der Waals surface area contributed by atoms with Crippen LogP contribution in [0.2, 0.25) is 0 Å². The van der Waals surface area contributed by atoms with E-state index in [0.29, 0.717) is 12.1 Å². The van der Waals surface area contributed by atoms with Gasteiger partial charge in [0.1, 0.15) is 5.82 Å². The van der Waals surface area contributed by atoms with Gasteiger partial charge in [0.25, 0.3) is 0 Å². The van der Waals surface area contributed by atoms with Gasteiger partial charge in [0.2, 0.25) is 5.91 Å². The van der Waals surface area contributed by atoms with E-state index in [2.05, 4.69) is 10.2 Å². The average molecular weight is 318 g/mol. The Bertz CT molecular complexity index is 573. The number of halogens is 1. The van der Waals surface area contributed by atoms with Crippen molar-refractivity contribution in [1.29, 1.82) is 0 Å². The third-order valence-electron chi connectivity index (χ3n) is 5.21. The number of benzene rings is 1. The molecule has 3 atom stereocenters. The molecule has 1 amide bonds. The zero-order chi connectivity index (χ0) is 15.8. The number of nitrogens with zero attached hydrogens (tertiary/aromatic N) is 1. The van der Waals surface area contributed by atoms with Crippen LogP contribution in [0.15, 0.2) is 24.3 Å². The molecule has 1 aliphatic carbocycles. The van der Waals surface area contributed by atoms with Gasteiger partial charge in [0.05, 0.1) is 12.0 Å². The van der Waals surface area contributed by atoms with Gasteiger partial charge in [0, 0.05) is 31.8 Å². The Morgan fingerprint density at radius 2 is 2.04 bits per heavy atom. The highest BCUT2D eigenvalue weighted by Crippen LogP contribution is 2.33. The van der Waals surface area contributed by atoms with Crippen molar-refractivity contribution in [2.24, 2.45) is 5.92 Å². The molecule has 0 spiro atoms. The molecule has 3 aliphatic rings. The molecular weight excluding hydrogens is 295 g/mol. The summed E-state index contributed by atoms with van der Waals surface area (Å²) in [7, 11) is 0. The smallest absolute Gasteiger partial charge is 0.224 e. The van der Waals surface area contributed by atoms with Crippen LogP contribution in [0, 0.1) is 11.7 Å². The first-order valence-electron chi connectivity index (χ1n) is 8.59. The second-order valence-electron chi connectivity index (χ2n) is 7.04. The number of amides is 1. The molecule has 0 radical (unpaired) electrons. The van der Waals surface area contributed by atoms with Gasteiger partial charge in [-0.15, -0.1) is 0 Å². The molecule has 1 saturated carbocycles. The van der Waals surface area contributed by atoms with Crippen molar-refractivity contribution in [2.75, 3.05) is 13.2 Å². The largest absolute Gasteiger partial charge is 0.377 e. The molecule has 5 heteroatoms. The fourth-order valence-electron chi connectivity index (χ4n) is 3.80. The lowest BCUT2D eigenvalue weighted by molar-refractivity contribution is -0.129. The standard InChI is InChI=1S/C18H23FN2O2/c19-14-3-1-12(2-4-14)10-21-11-13(18(22)20-15-5-6-15)9-17-16(21)7-8-23-17/h1-4,13,15-17H,5-11H2,(H,20,22)/t13-,16+,17+/m0/s1. The molecule has 0 unspecified atom stereocenters. The predicted molar refractivity (Wildman–Crippen MR) is 84.2 cm³/mol. The Kier molecular flexibility index (Phi) is 4.07. The number of piperidine rings is 1. The summed E-state index contributed by atoms with van der Waals surface area (Å²) in [6, 6.07) is 7.43. The van der Waals surface area contributed by atoms with E-state index in [0.717, 1.165) is 50.9 Å². The Hall–Kier alpha value is -1.46. The van der Waals surface area contributed by atoms with E-state index in [1.807, 2.05) is 12.1 Å². The quantitative estimate of drug-likeness (QED) is 0.924. The van der Waals surface area contributed by atoms with Crippen LogP contribution < -0.4 is 5.32 Å². The molecule has 2 saturated heterocycles. The zero-order valence-electron chi connectivity index (χ0n) is 13.2. The monoisotopic (exact) mass is 318 g/mol. The maximum Gasteiger partial charge on any atom is 0.224 e. The molecule has 1 aromatic carbocycles. The highest BCUT2D eigenvalue weighted by atomic mass is 19.1. The van der Waals surface area contributed by atoms with Gasteiger partial charge in [-0.2, -0.15) is 0 Å². The first kappa shape index (κ1) is 15.1. The zero-order valence-corrected chi connectivity index (χ0v) is 13.2. The van der Waals surface area contributed by atoms with Crippen LogP contribution in [-0.2, 0) is 16.1 Å². The van der Waals surface area contributed by atoms with Crippen LogP contribution in [-0.4, -0.2) is 42.1 Å². The van der Waals surface area contributed by atoms with E-state index in [1.165, 1.54) is 12.1 Å². The van der Waals surface area contributed by atoms with Gasteiger partial charge in [-0.3, -0.25) is 9.69 Å². The normalized spacial score (nSPS) is 30.9. The Balaban J connectivity index is 1.46. The summed E-state index contributed by atoms with van der Waals surface area (Å²) in [4.78, 5) is 14.8. The molecule has 2 aliphatic heterocycles. The molecule has 0 bridgehead atoms. The van der Waals surface area contributed by atoms with Crippen LogP contribution in [0.4, 0.5) is 4.39 Å². The Morgan fingerprint density at radius 1 is 1.26 bits per heavy atom. The fraction of sp³-hybridized carbons (Fsp3) is 0.611. The SMILES string of the molecule is O=C(NC1CC1)[C@H]1C[C@H]2OCC[C@H]2N(Cc2ccc(F)cc2)C1. The minimum atomic E-state index is -0.212. The van der Waals surface area contributed by atoms with Crippen LogP contribution in [0.1, 0.15) is 31.2 Å². The molecule has 3 fully saturated rings. The van der Waals surface area contributed by atoms with Gasteiger partial charge in [0.15, 0.2) is 0 Å². The highest BCUT2D eigenvalue weighted by molar-refractivity contribution is 5.79. The molecule has 4 nitrogen and oxygen atoms in total. The number of hydrogen-bond acceptors (Lipinski definition) is 3. The number of fused-ring (bicyclic) bond motifs is 1. The number of carbonyl (C=O) groups is 1. The molecular formula is C18H23FN2O2. The van der Waals surface area contributed by atoms with Gasteiger partial charge >= 0.3 is 0 Å². The number of carbonyl (C=O) groups excluding carboxylic acids is 1.